The normalized spacial score (nSPS) is 11.3. The third kappa shape index (κ3) is 6.56. The maximum Gasteiger partial charge on any atom is 0.256 e. The summed E-state index contributed by atoms with van der Waals surface area (Å²) < 4.78 is 2.25. The lowest BCUT2D eigenvalue weighted by Crippen LogP contribution is -2.25. The first kappa shape index (κ1) is 26.3. The number of anilines is 2. The molecule has 7 heteroatoms. The minimum atomic E-state index is -0.187. The average Bonchev–Trinajstić information content (AvgIpc) is 3.61. The summed E-state index contributed by atoms with van der Waals surface area (Å²) in [5, 5.41) is 14.9. The van der Waals surface area contributed by atoms with Crippen molar-refractivity contribution in [2.24, 2.45) is 0 Å². The predicted octanol–water partition coefficient (Wildman–Crippen LogP) is 6.48. The summed E-state index contributed by atoms with van der Waals surface area (Å²) in [5.74, 6) is 0.307. The predicted molar refractivity (Wildman–Crippen MR) is 160 cm³/mol. The van der Waals surface area contributed by atoms with E-state index in [1.807, 2.05) is 36.4 Å². The molecule has 0 fully saturated rings. The van der Waals surface area contributed by atoms with Crippen LogP contribution in [-0.4, -0.2) is 51.8 Å². The summed E-state index contributed by atoms with van der Waals surface area (Å²) >= 11 is 0. The van der Waals surface area contributed by atoms with Crippen LogP contribution >= 0.6 is 0 Å². The number of hydrogen-bond acceptors (Lipinski definition) is 4. The highest BCUT2D eigenvalue weighted by Crippen LogP contribution is 2.26. The number of aromatic nitrogens is 3. The van der Waals surface area contributed by atoms with Gasteiger partial charge in [-0.15, -0.1) is 0 Å². The Balaban J connectivity index is 1.20. The SMILES string of the molecule is CCN(CC)CCCNc1ccc(C(=O)Nc2cc(-c3ccc4ccn(Cc5ccccc5)c4c3)[nH]n2)cc1. The van der Waals surface area contributed by atoms with Gasteiger partial charge in [0.2, 0.25) is 0 Å². The molecule has 3 aromatic carbocycles. The van der Waals surface area contributed by atoms with E-state index in [-0.39, 0.29) is 5.91 Å². The van der Waals surface area contributed by atoms with Crippen molar-refractivity contribution in [3.8, 4) is 11.3 Å². The van der Waals surface area contributed by atoms with E-state index in [1.165, 1.54) is 10.9 Å². The summed E-state index contributed by atoms with van der Waals surface area (Å²) in [6.07, 6.45) is 3.20. The van der Waals surface area contributed by atoms with Gasteiger partial charge in [0.15, 0.2) is 5.82 Å². The van der Waals surface area contributed by atoms with Crippen LogP contribution in [0.1, 0.15) is 36.2 Å². The maximum atomic E-state index is 12.8. The van der Waals surface area contributed by atoms with E-state index in [1.54, 1.807) is 0 Å². The van der Waals surface area contributed by atoms with E-state index in [0.717, 1.165) is 61.6 Å². The molecule has 5 rings (SSSR count). The molecule has 0 atom stereocenters. The van der Waals surface area contributed by atoms with Gasteiger partial charge in [-0.25, -0.2) is 0 Å². The molecular weight excluding hydrogens is 484 g/mol. The highest BCUT2D eigenvalue weighted by atomic mass is 16.1. The van der Waals surface area contributed by atoms with Crippen LogP contribution < -0.4 is 10.6 Å². The summed E-state index contributed by atoms with van der Waals surface area (Å²) in [4.78, 5) is 15.3. The lowest BCUT2D eigenvalue weighted by Gasteiger charge is -2.17. The van der Waals surface area contributed by atoms with E-state index < -0.39 is 0 Å². The Hall–Kier alpha value is -4.36. The van der Waals surface area contributed by atoms with Crippen molar-refractivity contribution < 1.29 is 4.79 Å². The number of rotatable bonds is 12. The Morgan fingerprint density at radius 3 is 2.51 bits per heavy atom. The second kappa shape index (κ2) is 12.5. The van der Waals surface area contributed by atoms with Crippen molar-refractivity contribution in [3.63, 3.8) is 0 Å². The van der Waals surface area contributed by atoms with Crippen LogP contribution in [0.15, 0.2) is 91.1 Å². The van der Waals surface area contributed by atoms with Crippen LogP contribution in [0.4, 0.5) is 11.5 Å². The van der Waals surface area contributed by atoms with Crippen molar-refractivity contribution in [2.75, 3.05) is 36.8 Å². The van der Waals surface area contributed by atoms with E-state index >= 15 is 0 Å². The Morgan fingerprint density at radius 2 is 1.74 bits per heavy atom. The molecule has 200 valence electrons. The Labute approximate surface area is 229 Å². The number of carbonyl (C=O) groups excluding carboxylic acids is 1. The van der Waals surface area contributed by atoms with Gasteiger partial charge in [0, 0.05) is 47.7 Å². The number of H-pyrrole nitrogens is 1. The van der Waals surface area contributed by atoms with Crippen LogP contribution in [0.3, 0.4) is 0 Å². The smallest absolute Gasteiger partial charge is 0.256 e. The molecule has 0 saturated heterocycles. The molecule has 2 heterocycles. The van der Waals surface area contributed by atoms with Crippen LogP contribution in [0.25, 0.3) is 22.2 Å². The number of aromatic amines is 1. The molecule has 0 aliphatic rings. The highest BCUT2D eigenvalue weighted by molar-refractivity contribution is 6.04. The van der Waals surface area contributed by atoms with Crippen molar-refractivity contribution in [1.29, 1.82) is 0 Å². The van der Waals surface area contributed by atoms with E-state index in [2.05, 4.69) is 98.9 Å². The monoisotopic (exact) mass is 520 g/mol. The van der Waals surface area contributed by atoms with Gasteiger partial charge < -0.3 is 20.1 Å². The van der Waals surface area contributed by atoms with Gasteiger partial charge in [-0.2, -0.15) is 5.10 Å². The molecule has 0 saturated carbocycles. The van der Waals surface area contributed by atoms with Crippen LogP contribution in [0.2, 0.25) is 0 Å². The molecule has 5 aromatic rings. The van der Waals surface area contributed by atoms with Gasteiger partial charge in [-0.05, 0) is 73.4 Å². The minimum Gasteiger partial charge on any atom is -0.385 e. The zero-order valence-corrected chi connectivity index (χ0v) is 22.7. The second-order valence-corrected chi connectivity index (χ2v) is 9.71. The van der Waals surface area contributed by atoms with Gasteiger partial charge in [-0.3, -0.25) is 9.89 Å². The summed E-state index contributed by atoms with van der Waals surface area (Å²) in [6, 6.07) is 28.4. The van der Waals surface area contributed by atoms with Gasteiger partial charge >= 0.3 is 0 Å². The summed E-state index contributed by atoms with van der Waals surface area (Å²) in [5.41, 5.74) is 5.88. The van der Waals surface area contributed by atoms with Crippen LogP contribution in [0.5, 0.6) is 0 Å². The Morgan fingerprint density at radius 1 is 0.949 bits per heavy atom. The molecule has 39 heavy (non-hydrogen) atoms. The topological polar surface area (TPSA) is 78.0 Å². The van der Waals surface area contributed by atoms with Crippen molar-refractivity contribution in [1.82, 2.24) is 19.7 Å². The summed E-state index contributed by atoms with van der Waals surface area (Å²) in [7, 11) is 0. The lowest BCUT2D eigenvalue weighted by atomic mass is 10.1. The number of nitrogens with zero attached hydrogens (tertiary/aromatic N) is 3. The fraction of sp³-hybridized carbons (Fsp3) is 0.250. The number of fused-ring (bicyclic) bond motifs is 1. The molecule has 1 amide bonds. The van der Waals surface area contributed by atoms with E-state index in [4.69, 9.17) is 0 Å². The molecular formula is C32H36N6O. The number of benzene rings is 3. The molecule has 0 spiro atoms. The number of hydrogen-bond donors (Lipinski definition) is 3. The first-order valence-corrected chi connectivity index (χ1v) is 13.7. The van der Waals surface area contributed by atoms with Gasteiger partial charge in [0.1, 0.15) is 0 Å². The van der Waals surface area contributed by atoms with Gasteiger partial charge in [-0.1, -0.05) is 56.3 Å². The fourth-order valence-electron chi connectivity index (χ4n) is 4.81. The number of amides is 1. The molecule has 0 unspecified atom stereocenters. The lowest BCUT2D eigenvalue weighted by molar-refractivity contribution is 0.102. The van der Waals surface area contributed by atoms with Gasteiger partial charge in [0.25, 0.3) is 5.91 Å². The standard InChI is InChI=1S/C32H36N6O/c1-3-37(4-2)19-8-18-33-28-15-13-26(14-16-28)32(39)34-31-22-29(35-36-31)27-12-11-25-17-20-38(30(25)21-27)23-24-9-6-5-7-10-24/h5-7,9-17,20-22,33H,3-4,8,18-19,23H2,1-2H3,(H2,34,35,36,39). The fourth-order valence-corrected chi connectivity index (χ4v) is 4.81. The molecule has 0 aliphatic heterocycles. The largest absolute Gasteiger partial charge is 0.385 e. The molecule has 0 aliphatic carbocycles. The van der Waals surface area contributed by atoms with E-state index in [9.17, 15) is 4.79 Å². The zero-order chi connectivity index (χ0) is 27.0. The van der Waals surface area contributed by atoms with Crippen molar-refractivity contribution in [2.45, 2.75) is 26.8 Å². The average molecular weight is 521 g/mol. The molecule has 2 aromatic heterocycles. The van der Waals surface area contributed by atoms with Crippen molar-refractivity contribution in [3.05, 3.63) is 102 Å². The van der Waals surface area contributed by atoms with E-state index in [0.29, 0.717) is 11.4 Å². The molecule has 0 radical (unpaired) electrons. The van der Waals surface area contributed by atoms with Crippen LogP contribution in [-0.2, 0) is 6.54 Å². The van der Waals surface area contributed by atoms with Gasteiger partial charge in [0.05, 0.1) is 5.69 Å². The molecule has 0 bridgehead atoms. The number of nitrogens with one attached hydrogen (secondary N) is 3. The molecule has 3 N–H and O–H groups in total. The van der Waals surface area contributed by atoms with Crippen LogP contribution in [0, 0.1) is 0 Å². The first-order valence-electron chi connectivity index (χ1n) is 13.7. The second-order valence-electron chi connectivity index (χ2n) is 9.71. The zero-order valence-electron chi connectivity index (χ0n) is 22.7. The Bertz CT molecular complexity index is 1500. The number of carbonyl (C=O) groups is 1. The highest BCUT2D eigenvalue weighted by Gasteiger charge is 2.11. The Kier molecular flexibility index (Phi) is 8.39. The maximum absolute atomic E-state index is 12.8. The third-order valence-electron chi connectivity index (χ3n) is 7.12. The molecule has 7 nitrogen and oxygen atoms in total. The minimum absolute atomic E-state index is 0.187. The summed E-state index contributed by atoms with van der Waals surface area (Å²) in [6.45, 7) is 9.33. The first-order chi connectivity index (χ1) is 19.1. The quantitative estimate of drug-likeness (QED) is 0.165. The van der Waals surface area contributed by atoms with Crippen molar-refractivity contribution >= 4 is 28.3 Å². The third-order valence-corrected chi connectivity index (χ3v) is 7.12.